The van der Waals surface area contributed by atoms with Crippen molar-refractivity contribution in [2.45, 2.75) is 45.2 Å². The predicted molar refractivity (Wildman–Crippen MR) is 68.5 cm³/mol. The van der Waals surface area contributed by atoms with Crippen molar-refractivity contribution in [1.82, 2.24) is 14.7 Å². The van der Waals surface area contributed by atoms with Crippen molar-refractivity contribution in [3.63, 3.8) is 0 Å². The summed E-state index contributed by atoms with van der Waals surface area (Å²) in [5.74, 6) is -0.719. The lowest BCUT2D eigenvalue weighted by atomic mass is 10.1. The molecule has 1 N–H and O–H groups in total. The average Bonchev–Trinajstić information content (AvgIpc) is 2.93. The van der Waals surface area contributed by atoms with E-state index in [4.69, 9.17) is 5.11 Å². The number of nitrogens with zero attached hydrogens (tertiary/aromatic N) is 3. The Labute approximate surface area is 107 Å². The van der Waals surface area contributed by atoms with Crippen LogP contribution in [0.25, 0.3) is 0 Å². The molecule has 0 unspecified atom stereocenters. The van der Waals surface area contributed by atoms with Gasteiger partial charge in [0.2, 0.25) is 0 Å². The second-order valence-corrected chi connectivity index (χ2v) is 5.07. The number of hydrogen-bond acceptors (Lipinski definition) is 3. The van der Waals surface area contributed by atoms with E-state index in [1.54, 1.807) is 0 Å². The number of carboxylic acid groups (broad SMARTS) is 1. The number of rotatable bonds is 5. The summed E-state index contributed by atoms with van der Waals surface area (Å²) in [5, 5.41) is 13.2. The molecule has 0 saturated carbocycles. The summed E-state index contributed by atoms with van der Waals surface area (Å²) >= 11 is 0. The zero-order valence-corrected chi connectivity index (χ0v) is 11.0. The van der Waals surface area contributed by atoms with Crippen LogP contribution in [0.5, 0.6) is 0 Å². The molecule has 1 aromatic heterocycles. The van der Waals surface area contributed by atoms with Crippen LogP contribution < -0.4 is 0 Å². The number of aryl methyl sites for hydroxylation is 1. The number of carbonyl (C=O) groups is 1. The summed E-state index contributed by atoms with van der Waals surface area (Å²) in [5.41, 5.74) is 1.02. The molecule has 2 atom stereocenters. The maximum Gasteiger partial charge on any atom is 0.304 e. The molecule has 0 bridgehead atoms. The van der Waals surface area contributed by atoms with E-state index < -0.39 is 5.97 Å². The Morgan fingerprint density at radius 1 is 1.67 bits per heavy atom. The van der Waals surface area contributed by atoms with Crippen LogP contribution in [-0.4, -0.2) is 44.9 Å². The topological polar surface area (TPSA) is 58.4 Å². The molecule has 0 aliphatic carbocycles. The first-order valence-corrected chi connectivity index (χ1v) is 6.55. The first-order chi connectivity index (χ1) is 8.58. The van der Waals surface area contributed by atoms with E-state index in [1.807, 2.05) is 23.9 Å². The molecule has 1 fully saturated rings. The molecule has 5 nitrogen and oxygen atoms in total. The molecular formula is C13H21N3O2. The zero-order valence-electron chi connectivity index (χ0n) is 11.0. The van der Waals surface area contributed by atoms with Crippen LogP contribution in [0.4, 0.5) is 0 Å². The first kappa shape index (κ1) is 13.1. The minimum atomic E-state index is -0.719. The maximum absolute atomic E-state index is 10.7. The standard InChI is InChI=1S/C13H21N3O2/c1-10-5-9-16(14-10)11(2)12-4-3-7-15(12)8-6-13(17)18/h5,9,11-12H,3-4,6-8H2,1-2H3,(H,17,18)/t11-,12-/m0/s1. The zero-order chi connectivity index (χ0) is 13.1. The largest absolute Gasteiger partial charge is 0.481 e. The molecule has 5 heteroatoms. The van der Waals surface area contributed by atoms with Gasteiger partial charge < -0.3 is 5.11 Å². The highest BCUT2D eigenvalue weighted by Gasteiger charge is 2.30. The van der Waals surface area contributed by atoms with Gasteiger partial charge in [0.15, 0.2) is 0 Å². The third kappa shape index (κ3) is 2.90. The quantitative estimate of drug-likeness (QED) is 0.865. The van der Waals surface area contributed by atoms with Crippen molar-refractivity contribution < 1.29 is 9.90 Å². The number of aliphatic carboxylic acids is 1. The third-order valence-electron chi connectivity index (χ3n) is 3.74. The number of carboxylic acids is 1. The van der Waals surface area contributed by atoms with Gasteiger partial charge in [-0.15, -0.1) is 0 Å². The molecule has 1 aliphatic rings. The molecule has 0 spiro atoms. The van der Waals surface area contributed by atoms with Gasteiger partial charge in [-0.1, -0.05) is 0 Å². The summed E-state index contributed by atoms with van der Waals surface area (Å²) in [7, 11) is 0. The van der Waals surface area contributed by atoms with Crippen LogP contribution in [0.3, 0.4) is 0 Å². The van der Waals surface area contributed by atoms with E-state index in [0.717, 1.165) is 25.1 Å². The normalized spacial score (nSPS) is 22.2. The van der Waals surface area contributed by atoms with Gasteiger partial charge in [-0.2, -0.15) is 5.10 Å². The Bertz CT molecular complexity index is 416. The van der Waals surface area contributed by atoms with E-state index in [-0.39, 0.29) is 6.42 Å². The third-order valence-corrected chi connectivity index (χ3v) is 3.74. The van der Waals surface area contributed by atoms with E-state index >= 15 is 0 Å². The summed E-state index contributed by atoms with van der Waals surface area (Å²) < 4.78 is 2.00. The minimum Gasteiger partial charge on any atom is -0.481 e. The van der Waals surface area contributed by atoms with Crippen molar-refractivity contribution in [2.75, 3.05) is 13.1 Å². The monoisotopic (exact) mass is 251 g/mol. The van der Waals surface area contributed by atoms with Crippen molar-refractivity contribution >= 4 is 5.97 Å². The van der Waals surface area contributed by atoms with Gasteiger partial charge in [0.05, 0.1) is 18.2 Å². The lowest BCUT2D eigenvalue weighted by molar-refractivity contribution is -0.137. The van der Waals surface area contributed by atoms with Gasteiger partial charge in [-0.25, -0.2) is 0 Å². The molecule has 2 heterocycles. The molecular weight excluding hydrogens is 230 g/mol. The van der Waals surface area contributed by atoms with Gasteiger partial charge >= 0.3 is 5.97 Å². The van der Waals surface area contributed by atoms with Crippen LogP contribution in [-0.2, 0) is 4.79 Å². The summed E-state index contributed by atoms with van der Waals surface area (Å²) in [4.78, 5) is 12.9. The van der Waals surface area contributed by atoms with Crippen molar-refractivity contribution in [2.24, 2.45) is 0 Å². The fraction of sp³-hybridized carbons (Fsp3) is 0.692. The molecule has 1 aliphatic heterocycles. The van der Waals surface area contributed by atoms with Crippen LogP contribution in [0, 0.1) is 6.92 Å². The second kappa shape index (κ2) is 5.52. The van der Waals surface area contributed by atoms with E-state index in [0.29, 0.717) is 18.6 Å². The molecule has 0 radical (unpaired) electrons. The van der Waals surface area contributed by atoms with E-state index in [9.17, 15) is 4.79 Å². The number of likely N-dealkylation sites (tertiary alicyclic amines) is 1. The molecule has 18 heavy (non-hydrogen) atoms. The summed E-state index contributed by atoms with van der Waals surface area (Å²) in [6.45, 7) is 5.80. The molecule has 0 amide bonds. The fourth-order valence-electron chi connectivity index (χ4n) is 2.75. The van der Waals surface area contributed by atoms with Gasteiger partial charge in [-0.05, 0) is 39.3 Å². The predicted octanol–water partition coefficient (Wildman–Crippen LogP) is 1.69. The lowest BCUT2D eigenvalue weighted by Gasteiger charge is -2.29. The summed E-state index contributed by atoms with van der Waals surface area (Å²) in [6, 6.07) is 2.71. The fourth-order valence-corrected chi connectivity index (χ4v) is 2.75. The van der Waals surface area contributed by atoms with Crippen molar-refractivity contribution in [3.8, 4) is 0 Å². The number of hydrogen-bond donors (Lipinski definition) is 1. The van der Waals surface area contributed by atoms with Gasteiger partial charge in [0, 0.05) is 18.8 Å². The Morgan fingerprint density at radius 2 is 2.44 bits per heavy atom. The lowest BCUT2D eigenvalue weighted by Crippen LogP contribution is -2.37. The molecule has 1 saturated heterocycles. The van der Waals surface area contributed by atoms with Crippen LogP contribution in [0.1, 0.15) is 37.9 Å². The Kier molecular flexibility index (Phi) is 4.01. The van der Waals surface area contributed by atoms with Crippen molar-refractivity contribution in [3.05, 3.63) is 18.0 Å². The van der Waals surface area contributed by atoms with Gasteiger partial charge in [0.25, 0.3) is 0 Å². The van der Waals surface area contributed by atoms with Gasteiger partial charge in [0.1, 0.15) is 0 Å². The van der Waals surface area contributed by atoms with Crippen LogP contribution in [0.2, 0.25) is 0 Å². The first-order valence-electron chi connectivity index (χ1n) is 6.55. The molecule has 0 aromatic carbocycles. The minimum absolute atomic E-state index is 0.224. The average molecular weight is 251 g/mol. The SMILES string of the molecule is Cc1ccn([C@@H](C)[C@@H]2CCCN2CCC(=O)O)n1. The second-order valence-electron chi connectivity index (χ2n) is 5.07. The Balaban J connectivity index is 2.00. The smallest absolute Gasteiger partial charge is 0.304 e. The highest BCUT2D eigenvalue weighted by molar-refractivity contribution is 5.66. The highest BCUT2D eigenvalue weighted by Crippen LogP contribution is 2.26. The van der Waals surface area contributed by atoms with Gasteiger partial charge in [-0.3, -0.25) is 14.4 Å². The van der Waals surface area contributed by atoms with Crippen LogP contribution >= 0.6 is 0 Å². The van der Waals surface area contributed by atoms with E-state index in [2.05, 4.69) is 16.9 Å². The highest BCUT2D eigenvalue weighted by atomic mass is 16.4. The molecule has 1 aromatic rings. The Morgan fingerprint density at radius 3 is 3.06 bits per heavy atom. The number of aromatic nitrogens is 2. The van der Waals surface area contributed by atoms with Crippen molar-refractivity contribution in [1.29, 1.82) is 0 Å². The van der Waals surface area contributed by atoms with E-state index in [1.165, 1.54) is 0 Å². The molecule has 2 rings (SSSR count). The maximum atomic E-state index is 10.7. The Hall–Kier alpha value is -1.36. The summed E-state index contributed by atoms with van der Waals surface area (Å²) in [6.07, 6.45) is 4.50. The van der Waals surface area contributed by atoms with Crippen LogP contribution in [0.15, 0.2) is 12.3 Å². The molecule has 100 valence electrons.